The molecule has 1 aliphatic heterocycles. The van der Waals surface area contributed by atoms with E-state index in [2.05, 4.69) is 15.2 Å². The fraction of sp³-hybridized carbons (Fsp3) is 0.692. The van der Waals surface area contributed by atoms with Crippen LogP contribution >= 0.6 is 11.3 Å². The maximum absolute atomic E-state index is 12.5. The summed E-state index contributed by atoms with van der Waals surface area (Å²) in [6.07, 6.45) is 2.32. The van der Waals surface area contributed by atoms with Gasteiger partial charge in [0.15, 0.2) is 5.13 Å². The highest BCUT2D eigenvalue weighted by Gasteiger charge is 2.27. The predicted molar refractivity (Wildman–Crippen MR) is 82.6 cm³/mol. The van der Waals surface area contributed by atoms with Gasteiger partial charge in [-0.25, -0.2) is 4.98 Å². The van der Waals surface area contributed by atoms with Gasteiger partial charge in [0.2, 0.25) is 0 Å². The van der Waals surface area contributed by atoms with E-state index in [9.17, 15) is 4.79 Å². The normalized spacial score (nSPS) is 19.8. The lowest BCUT2D eigenvalue weighted by Crippen LogP contribution is -2.49. The second-order valence-electron chi connectivity index (χ2n) is 5.51. The van der Waals surface area contributed by atoms with Crippen LogP contribution in [0.3, 0.4) is 0 Å². The summed E-state index contributed by atoms with van der Waals surface area (Å²) < 4.78 is 0. The Hall–Kier alpha value is -1.38. The molecule has 0 unspecified atom stereocenters. The van der Waals surface area contributed by atoms with Gasteiger partial charge in [-0.3, -0.25) is 9.69 Å². The molecule has 116 valence electrons. The van der Waals surface area contributed by atoms with Crippen molar-refractivity contribution in [3.8, 4) is 0 Å². The van der Waals surface area contributed by atoms with Crippen LogP contribution < -0.4 is 11.1 Å². The molecule has 1 aliphatic carbocycles. The summed E-state index contributed by atoms with van der Waals surface area (Å²) in [4.78, 5) is 21.3. The van der Waals surface area contributed by atoms with E-state index in [1.807, 2.05) is 4.90 Å². The van der Waals surface area contributed by atoms with Gasteiger partial charge in [-0.2, -0.15) is 0 Å². The van der Waals surface area contributed by atoms with E-state index in [0.29, 0.717) is 36.4 Å². The smallest absolute Gasteiger partial charge is 0.267 e. The molecule has 1 aromatic rings. The fourth-order valence-corrected chi connectivity index (χ4v) is 3.34. The van der Waals surface area contributed by atoms with Crippen molar-refractivity contribution in [2.45, 2.75) is 18.9 Å². The summed E-state index contributed by atoms with van der Waals surface area (Å²) in [7, 11) is 0. The van der Waals surface area contributed by atoms with Crippen LogP contribution in [-0.2, 0) is 0 Å². The first-order valence-corrected chi connectivity index (χ1v) is 8.14. The molecular formula is C13H21N5O2S. The molecule has 1 amide bonds. The molecule has 2 fully saturated rings. The van der Waals surface area contributed by atoms with Gasteiger partial charge in [0.25, 0.3) is 5.91 Å². The van der Waals surface area contributed by atoms with Gasteiger partial charge < -0.3 is 21.1 Å². The lowest BCUT2D eigenvalue weighted by molar-refractivity contribution is 0.0620. The third-order valence-corrected chi connectivity index (χ3v) is 4.82. The topological polar surface area (TPSA) is 94.7 Å². The van der Waals surface area contributed by atoms with Crippen LogP contribution in [0.25, 0.3) is 0 Å². The van der Waals surface area contributed by atoms with E-state index < -0.39 is 0 Å². The molecule has 2 aliphatic rings. The minimum Gasteiger partial charge on any atom is -0.395 e. The van der Waals surface area contributed by atoms with Crippen LogP contribution in [0.4, 0.5) is 10.9 Å². The van der Waals surface area contributed by atoms with Crippen molar-refractivity contribution in [3.05, 3.63) is 4.88 Å². The number of anilines is 2. The maximum Gasteiger partial charge on any atom is 0.267 e. The monoisotopic (exact) mass is 311 g/mol. The van der Waals surface area contributed by atoms with E-state index in [4.69, 9.17) is 10.8 Å². The van der Waals surface area contributed by atoms with Crippen LogP contribution in [0.2, 0.25) is 0 Å². The number of aliphatic hydroxyl groups excluding tert-OH is 1. The minimum atomic E-state index is -0.0301. The van der Waals surface area contributed by atoms with Crippen molar-refractivity contribution in [1.82, 2.24) is 14.8 Å². The van der Waals surface area contributed by atoms with E-state index >= 15 is 0 Å². The highest BCUT2D eigenvalue weighted by Crippen LogP contribution is 2.31. The van der Waals surface area contributed by atoms with E-state index in [1.165, 1.54) is 11.3 Å². The highest BCUT2D eigenvalue weighted by molar-refractivity contribution is 7.18. The molecule has 1 aromatic heterocycles. The van der Waals surface area contributed by atoms with E-state index in [1.54, 1.807) is 0 Å². The van der Waals surface area contributed by atoms with Crippen LogP contribution in [-0.4, -0.2) is 71.2 Å². The van der Waals surface area contributed by atoms with Crippen LogP contribution in [0.15, 0.2) is 0 Å². The van der Waals surface area contributed by atoms with Crippen LogP contribution in [0.5, 0.6) is 0 Å². The molecule has 21 heavy (non-hydrogen) atoms. The highest BCUT2D eigenvalue weighted by atomic mass is 32.1. The van der Waals surface area contributed by atoms with Crippen molar-refractivity contribution in [2.24, 2.45) is 0 Å². The Bertz CT molecular complexity index is 509. The van der Waals surface area contributed by atoms with Crippen LogP contribution in [0.1, 0.15) is 22.5 Å². The Kier molecular flexibility index (Phi) is 4.27. The van der Waals surface area contributed by atoms with Crippen molar-refractivity contribution in [2.75, 3.05) is 50.4 Å². The van der Waals surface area contributed by atoms with Gasteiger partial charge in [0, 0.05) is 38.8 Å². The molecule has 8 heteroatoms. The number of piperazine rings is 1. The second kappa shape index (κ2) is 6.17. The Morgan fingerprint density at radius 3 is 2.71 bits per heavy atom. The number of aromatic nitrogens is 1. The zero-order valence-corrected chi connectivity index (χ0v) is 12.7. The number of thiazole rings is 1. The third kappa shape index (κ3) is 3.45. The summed E-state index contributed by atoms with van der Waals surface area (Å²) in [6.45, 7) is 3.74. The number of amides is 1. The standard InChI is InChI=1S/C13H21N5O2S/c14-11-10(21-13(16-11)15-9-1-2-9)12(20)18-5-3-17(4-6-18)7-8-19/h9,19H,1-8,14H2,(H,15,16). The number of hydrogen-bond donors (Lipinski definition) is 3. The maximum atomic E-state index is 12.5. The number of β-amino-alcohol motifs (C(OH)–C–C–N with tert-alkyl or cyclic N) is 1. The quantitative estimate of drug-likeness (QED) is 0.711. The van der Waals surface area contributed by atoms with Gasteiger partial charge >= 0.3 is 0 Å². The summed E-state index contributed by atoms with van der Waals surface area (Å²) in [5.74, 6) is 0.295. The molecule has 0 atom stereocenters. The van der Waals surface area contributed by atoms with E-state index in [-0.39, 0.29) is 12.5 Å². The van der Waals surface area contributed by atoms with Gasteiger partial charge in [-0.05, 0) is 12.8 Å². The molecule has 7 nitrogen and oxygen atoms in total. The first-order valence-electron chi connectivity index (χ1n) is 7.32. The van der Waals surface area contributed by atoms with Gasteiger partial charge in [-0.15, -0.1) is 0 Å². The number of hydrogen-bond acceptors (Lipinski definition) is 7. The summed E-state index contributed by atoms with van der Waals surface area (Å²) >= 11 is 1.35. The SMILES string of the molecule is Nc1nc(NC2CC2)sc1C(=O)N1CCN(CCO)CC1. The lowest BCUT2D eigenvalue weighted by atomic mass is 10.3. The molecule has 1 saturated heterocycles. The number of nitrogens with zero attached hydrogens (tertiary/aromatic N) is 3. The molecule has 4 N–H and O–H groups in total. The molecule has 2 heterocycles. The molecule has 0 aromatic carbocycles. The van der Waals surface area contributed by atoms with Gasteiger partial charge in [-0.1, -0.05) is 11.3 Å². The predicted octanol–water partition coefficient (Wildman–Crippen LogP) is 0.0497. The van der Waals surface area contributed by atoms with Crippen molar-refractivity contribution >= 4 is 28.2 Å². The molecular weight excluding hydrogens is 290 g/mol. The van der Waals surface area contributed by atoms with Gasteiger partial charge in [0.05, 0.1) is 6.61 Å². The van der Waals surface area contributed by atoms with Crippen molar-refractivity contribution in [1.29, 1.82) is 0 Å². The number of nitrogen functional groups attached to an aromatic ring is 1. The Balaban J connectivity index is 1.61. The number of aliphatic hydroxyl groups is 1. The summed E-state index contributed by atoms with van der Waals surface area (Å²) in [5.41, 5.74) is 5.89. The van der Waals surface area contributed by atoms with E-state index in [0.717, 1.165) is 31.1 Å². The number of nitrogens with one attached hydrogen (secondary N) is 1. The van der Waals surface area contributed by atoms with Crippen molar-refractivity contribution < 1.29 is 9.90 Å². The average Bonchev–Trinajstić information content (AvgIpc) is 3.21. The minimum absolute atomic E-state index is 0.0301. The first-order chi connectivity index (χ1) is 10.2. The fourth-order valence-electron chi connectivity index (χ4n) is 2.41. The molecule has 1 saturated carbocycles. The summed E-state index contributed by atoms with van der Waals surface area (Å²) in [5, 5.41) is 13.0. The first kappa shape index (κ1) is 14.6. The number of carbonyl (C=O) groups excluding carboxylic acids is 1. The zero-order chi connectivity index (χ0) is 14.8. The molecule has 0 spiro atoms. The Labute approximate surface area is 127 Å². The average molecular weight is 311 g/mol. The zero-order valence-electron chi connectivity index (χ0n) is 11.9. The third-order valence-electron chi connectivity index (χ3n) is 3.83. The molecule has 3 rings (SSSR count). The Morgan fingerprint density at radius 2 is 2.10 bits per heavy atom. The molecule has 0 bridgehead atoms. The second-order valence-corrected chi connectivity index (χ2v) is 6.51. The van der Waals surface area contributed by atoms with Crippen molar-refractivity contribution in [3.63, 3.8) is 0 Å². The largest absolute Gasteiger partial charge is 0.395 e. The van der Waals surface area contributed by atoms with Crippen LogP contribution in [0, 0.1) is 0 Å². The van der Waals surface area contributed by atoms with Gasteiger partial charge in [0.1, 0.15) is 10.7 Å². The lowest BCUT2D eigenvalue weighted by Gasteiger charge is -2.34. The number of rotatable bonds is 5. The Morgan fingerprint density at radius 1 is 1.38 bits per heavy atom. The number of nitrogens with two attached hydrogens (primary N) is 1. The molecule has 0 radical (unpaired) electrons. The number of carbonyl (C=O) groups is 1. The summed E-state index contributed by atoms with van der Waals surface area (Å²) in [6, 6.07) is 0.500.